The van der Waals surface area contributed by atoms with Gasteiger partial charge in [0.25, 0.3) is 0 Å². The number of Topliss-reactive ketones (excluding diaryl/α,β-unsaturated/α-hetero) is 1. The van der Waals surface area contributed by atoms with E-state index in [1.54, 1.807) is 12.1 Å². The van der Waals surface area contributed by atoms with Crippen LogP contribution in [0.4, 0.5) is 0 Å². The van der Waals surface area contributed by atoms with Gasteiger partial charge in [-0.25, -0.2) is 0 Å². The normalized spacial score (nSPS) is 11.9. The van der Waals surface area contributed by atoms with Crippen LogP contribution in [0.1, 0.15) is 6.92 Å². The molecule has 86 valence electrons. The largest absolute Gasteiger partial charge is 0.440 e. The molecule has 1 aromatic carbocycles. The SMILES string of the molecule is CC(=O)[C@H](O)CSC(=S)Oc1ccccc1. The molecule has 1 N–H and O–H groups in total. The van der Waals surface area contributed by atoms with Crippen LogP contribution in [0.25, 0.3) is 0 Å². The van der Waals surface area contributed by atoms with Crippen molar-refractivity contribution in [2.45, 2.75) is 13.0 Å². The van der Waals surface area contributed by atoms with Gasteiger partial charge in [-0.1, -0.05) is 30.0 Å². The standard InChI is InChI=1S/C11H12O3S2/c1-8(12)10(13)7-16-11(15)14-9-5-3-2-4-6-9/h2-6,10,13H,7H2,1H3/t10-/m1/s1. The number of thioether (sulfide) groups is 1. The molecule has 0 aromatic heterocycles. The highest BCUT2D eigenvalue weighted by atomic mass is 32.2. The number of benzene rings is 1. The van der Waals surface area contributed by atoms with Crippen LogP contribution in [0.15, 0.2) is 30.3 Å². The zero-order valence-electron chi connectivity index (χ0n) is 8.75. The van der Waals surface area contributed by atoms with Gasteiger partial charge in [0.1, 0.15) is 11.9 Å². The van der Waals surface area contributed by atoms with Gasteiger partial charge < -0.3 is 9.84 Å². The van der Waals surface area contributed by atoms with Crippen molar-refractivity contribution in [3.05, 3.63) is 30.3 Å². The maximum absolute atomic E-state index is 10.8. The van der Waals surface area contributed by atoms with E-state index in [0.29, 0.717) is 10.1 Å². The van der Waals surface area contributed by atoms with E-state index < -0.39 is 6.10 Å². The molecule has 1 atom stereocenters. The first-order chi connectivity index (χ1) is 7.59. The highest BCUT2D eigenvalue weighted by Crippen LogP contribution is 2.15. The molecule has 0 saturated heterocycles. The molecule has 0 unspecified atom stereocenters. The average Bonchev–Trinajstić information content (AvgIpc) is 2.27. The summed E-state index contributed by atoms with van der Waals surface area (Å²) in [5.41, 5.74) is 0. The number of ketones is 1. The average molecular weight is 256 g/mol. The molecule has 16 heavy (non-hydrogen) atoms. The number of carbonyl (C=O) groups excluding carboxylic acids is 1. The van der Waals surface area contributed by atoms with E-state index in [1.165, 1.54) is 6.92 Å². The first-order valence-corrected chi connectivity index (χ1v) is 6.07. The van der Waals surface area contributed by atoms with Crippen molar-refractivity contribution in [3.63, 3.8) is 0 Å². The lowest BCUT2D eigenvalue weighted by molar-refractivity contribution is -0.123. The number of hydrogen-bond acceptors (Lipinski definition) is 5. The van der Waals surface area contributed by atoms with Crippen LogP contribution in [0.2, 0.25) is 0 Å². The Morgan fingerprint density at radius 3 is 2.69 bits per heavy atom. The molecule has 0 spiro atoms. The summed E-state index contributed by atoms with van der Waals surface area (Å²) in [6, 6.07) is 9.13. The molecule has 0 aliphatic heterocycles. The zero-order chi connectivity index (χ0) is 12.0. The Kier molecular flexibility index (Phi) is 5.45. The Hall–Kier alpha value is -0.910. The Bertz CT molecular complexity index is 365. The van der Waals surface area contributed by atoms with Gasteiger partial charge in [-0.15, -0.1) is 0 Å². The first-order valence-electron chi connectivity index (χ1n) is 4.68. The fourth-order valence-electron chi connectivity index (χ4n) is 0.879. The van der Waals surface area contributed by atoms with Crippen LogP contribution in [0, 0.1) is 0 Å². The highest BCUT2D eigenvalue weighted by Gasteiger charge is 2.11. The Morgan fingerprint density at radius 1 is 1.50 bits per heavy atom. The summed E-state index contributed by atoms with van der Waals surface area (Å²) in [6.45, 7) is 1.34. The van der Waals surface area contributed by atoms with Crippen molar-refractivity contribution in [2.75, 3.05) is 5.75 Å². The Morgan fingerprint density at radius 2 is 2.12 bits per heavy atom. The van der Waals surface area contributed by atoms with Crippen LogP contribution in [0.5, 0.6) is 5.75 Å². The van der Waals surface area contributed by atoms with E-state index >= 15 is 0 Å². The number of ether oxygens (including phenoxy) is 1. The molecule has 1 rings (SSSR count). The number of rotatable bonds is 4. The maximum Gasteiger partial charge on any atom is 0.225 e. The summed E-state index contributed by atoms with van der Waals surface area (Å²) in [5.74, 6) is 0.605. The number of aliphatic hydroxyl groups is 1. The maximum atomic E-state index is 10.8. The van der Waals surface area contributed by atoms with Gasteiger partial charge in [-0.05, 0) is 31.3 Å². The molecule has 0 aliphatic carbocycles. The topological polar surface area (TPSA) is 46.5 Å². The van der Waals surface area contributed by atoms with Gasteiger partial charge in [0.2, 0.25) is 4.38 Å². The molecule has 0 amide bonds. The van der Waals surface area contributed by atoms with E-state index in [-0.39, 0.29) is 11.5 Å². The van der Waals surface area contributed by atoms with E-state index in [2.05, 4.69) is 0 Å². The first kappa shape index (κ1) is 13.2. The molecule has 0 saturated carbocycles. The number of thiocarbonyl (C=S) groups is 1. The lowest BCUT2D eigenvalue weighted by Gasteiger charge is -2.08. The third-order valence-electron chi connectivity index (χ3n) is 1.77. The summed E-state index contributed by atoms with van der Waals surface area (Å²) in [5, 5.41) is 9.26. The molecule has 0 bridgehead atoms. The summed E-state index contributed by atoms with van der Waals surface area (Å²) in [7, 11) is 0. The second kappa shape index (κ2) is 6.62. The van der Waals surface area contributed by atoms with Crippen LogP contribution >= 0.6 is 24.0 Å². The van der Waals surface area contributed by atoms with Crippen molar-refractivity contribution in [3.8, 4) is 5.75 Å². The lowest BCUT2D eigenvalue weighted by Crippen LogP contribution is -2.21. The number of hydrogen-bond donors (Lipinski definition) is 1. The Balaban J connectivity index is 2.35. The second-order valence-corrected chi connectivity index (χ2v) is 4.72. The minimum atomic E-state index is -0.984. The van der Waals surface area contributed by atoms with Crippen molar-refractivity contribution in [1.82, 2.24) is 0 Å². The lowest BCUT2D eigenvalue weighted by atomic mass is 10.3. The van der Waals surface area contributed by atoms with Crippen molar-refractivity contribution < 1.29 is 14.6 Å². The zero-order valence-corrected chi connectivity index (χ0v) is 10.4. The summed E-state index contributed by atoms with van der Waals surface area (Å²) in [6.07, 6.45) is -0.984. The third kappa shape index (κ3) is 4.74. The van der Waals surface area contributed by atoms with E-state index in [9.17, 15) is 9.90 Å². The fraction of sp³-hybridized carbons (Fsp3) is 0.273. The molecule has 0 fully saturated rings. The van der Waals surface area contributed by atoms with Gasteiger partial charge >= 0.3 is 0 Å². The number of aliphatic hydroxyl groups excluding tert-OH is 1. The molecule has 5 heteroatoms. The molecule has 1 aromatic rings. The summed E-state index contributed by atoms with van der Waals surface area (Å²) in [4.78, 5) is 10.8. The van der Waals surface area contributed by atoms with Crippen molar-refractivity contribution in [2.24, 2.45) is 0 Å². The quantitative estimate of drug-likeness (QED) is 0.835. The molecule has 0 aliphatic rings. The van der Waals surface area contributed by atoms with Gasteiger partial charge in [0, 0.05) is 5.75 Å². The van der Waals surface area contributed by atoms with Crippen molar-refractivity contribution in [1.29, 1.82) is 0 Å². The van der Waals surface area contributed by atoms with Crippen LogP contribution in [-0.2, 0) is 4.79 Å². The minimum Gasteiger partial charge on any atom is -0.440 e. The van der Waals surface area contributed by atoms with Crippen LogP contribution < -0.4 is 4.74 Å². The summed E-state index contributed by atoms with van der Waals surface area (Å²) < 4.78 is 5.61. The smallest absolute Gasteiger partial charge is 0.225 e. The van der Waals surface area contributed by atoms with E-state index in [0.717, 1.165) is 11.8 Å². The molecular formula is C11H12O3S2. The predicted molar refractivity (Wildman–Crippen MR) is 68.8 cm³/mol. The molecule has 3 nitrogen and oxygen atoms in total. The van der Waals surface area contributed by atoms with Crippen molar-refractivity contribution >= 4 is 34.1 Å². The van der Waals surface area contributed by atoms with E-state index in [1.807, 2.05) is 18.2 Å². The van der Waals surface area contributed by atoms with Crippen LogP contribution in [0.3, 0.4) is 0 Å². The molecule has 0 radical (unpaired) electrons. The number of para-hydroxylation sites is 1. The Labute approximate surface area is 104 Å². The predicted octanol–water partition coefficient (Wildman–Crippen LogP) is 2.03. The van der Waals surface area contributed by atoms with Gasteiger partial charge in [0.15, 0.2) is 5.78 Å². The third-order valence-corrected chi connectivity index (χ3v) is 3.01. The molecular weight excluding hydrogens is 244 g/mol. The van der Waals surface area contributed by atoms with Gasteiger partial charge in [-0.2, -0.15) is 0 Å². The van der Waals surface area contributed by atoms with Gasteiger partial charge in [-0.3, -0.25) is 4.79 Å². The summed E-state index contributed by atoms with van der Waals surface area (Å²) >= 11 is 6.11. The molecule has 0 heterocycles. The number of carbonyl (C=O) groups is 1. The van der Waals surface area contributed by atoms with E-state index in [4.69, 9.17) is 17.0 Å². The van der Waals surface area contributed by atoms with Gasteiger partial charge in [0.05, 0.1) is 0 Å². The van der Waals surface area contributed by atoms with Crippen LogP contribution in [-0.4, -0.2) is 27.1 Å². The highest BCUT2D eigenvalue weighted by molar-refractivity contribution is 8.22. The minimum absolute atomic E-state index is 0.223. The second-order valence-electron chi connectivity index (χ2n) is 3.10. The fourth-order valence-corrected chi connectivity index (χ4v) is 1.86. The monoisotopic (exact) mass is 256 g/mol.